The lowest BCUT2D eigenvalue weighted by Crippen LogP contribution is -2.44. The summed E-state index contributed by atoms with van der Waals surface area (Å²) in [6.07, 6.45) is 13.1. The molecule has 2 saturated carbocycles. The van der Waals surface area contributed by atoms with Crippen molar-refractivity contribution in [1.29, 1.82) is 0 Å². The maximum Gasteiger partial charge on any atom is 0.0809 e. The number of aliphatic hydroxyl groups excluding tert-OH is 1. The van der Waals surface area contributed by atoms with Crippen molar-refractivity contribution in [2.75, 3.05) is 0 Å². The van der Waals surface area contributed by atoms with E-state index in [1.54, 1.807) is 11.1 Å². The van der Waals surface area contributed by atoms with Crippen LogP contribution in [0.1, 0.15) is 60.8 Å². The monoisotopic (exact) mass is 368 g/mol. The van der Waals surface area contributed by atoms with Crippen LogP contribution in [-0.4, -0.2) is 11.2 Å². The van der Waals surface area contributed by atoms with E-state index in [9.17, 15) is 5.11 Å². The van der Waals surface area contributed by atoms with Crippen molar-refractivity contribution >= 4 is 6.08 Å². The molecule has 28 heavy (non-hydrogen) atoms. The molecular formula is C27H28O. The SMILES string of the molecule is C#Cc1ccc(/C=C2\CC3C4CCc5ccccc5C4CCC3(C)C2O)cc1. The molecule has 3 aliphatic carbocycles. The Labute approximate surface area is 168 Å². The molecule has 0 saturated heterocycles. The molecule has 1 heteroatoms. The number of fused-ring (bicyclic) bond motifs is 5. The first-order chi connectivity index (χ1) is 13.6. The predicted octanol–water partition coefficient (Wildman–Crippen LogP) is 5.58. The van der Waals surface area contributed by atoms with Crippen LogP contribution in [0.4, 0.5) is 0 Å². The van der Waals surface area contributed by atoms with Gasteiger partial charge >= 0.3 is 0 Å². The molecular weight excluding hydrogens is 340 g/mol. The standard InChI is InChI=1S/C27H28O/c1-3-18-8-10-19(11-9-18)16-21-17-25-24-13-12-20-6-4-5-7-22(20)23(24)14-15-27(25,2)26(21)28/h1,4-11,16,23-26,28H,12-15,17H2,2H3/b21-16+. The van der Waals surface area contributed by atoms with Crippen molar-refractivity contribution in [3.05, 3.63) is 76.4 Å². The number of hydrogen-bond donors (Lipinski definition) is 1. The lowest BCUT2D eigenvalue weighted by Gasteiger charge is -2.49. The average molecular weight is 369 g/mol. The van der Waals surface area contributed by atoms with Gasteiger partial charge in [-0.15, -0.1) is 6.42 Å². The van der Waals surface area contributed by atoms with Crippen molar-refractivity contribution in [2.45, 2.75) is 51.0 Å². The molecule has 0 aliphatic heterocycles. The van der Waals surface area contributed by atoms with Gasteiger partial charge in [0, 0.05) is 11.0 Å². The summed E-state index contributed by atoms with van der Waals surface area (Å²) in [5.41, 5.74) is 6.39. The Bertz CT molecular complexity index is 961. The number of benzene rings is 2. The van der Waals surface area contributed by atoms with Crippen LogP contribution in [0.2, 0.25) is 0 Å². The van der Waals surface area contributed by atoms with E-state index >= 15 is 0 Å². The van der Waals surface area contributed by atoms with Gasteiger partial charge in [-0.25, -0.2) is 0 Å². The van der Waals surface area contributed by atoms with E-state index in [0.717, 1.165) is 24.0 Å². The number of terminal acetylenes is 1. The molecule has 0 amide bonds. The Morgan fingerprint density at radius 2 is 1.89 bits per heavy atom. The Hall–Kier alpha value is -2.30. The van der Waals surface area contributed by atoms with E-state index in [2.05, 4.69) is 55.3 Å². The van der Waals surface area contributed by atoms with Crippen LogP contribution in [0, 0.1) is 29.6 Å². The van der Waals surface area contributed by atoms with E-state index in [1.807, 2.05) is 12.1 Å². The molecule has 5 atom stereocenters. The Kier molecular flexibility index (Phi) is 4.22. The molecule has 5 unspecified atom stereocenters. The predicted molar refractivity (Wildman–Crippen MR) is 115 cm³/mol. The average Bonchev–Trinajstić information content (AvgIpc) is 2.99. The van der Waals surface area contributed by atoms with Gasteiger partial charge < -0.3 is 5.11 Å². The van der Waals surface area contributed by atoms with E-state index in [4.69, 9.17) is 6.42 Å². The van der Waals surface area contributed by atoms with Crippen LogP contribution in [0.5, 0.6) is 0 Å². The summed E-state index contributed by atoms with van der Waals surface area (Å²) >= 11 is 0. The zero-order chi connectivity index (χ0) is 19.3. The summed E-state index contributed by atoms with van der Waals surface area (Å²) in [4.78, 5) is 0. The van der Waals surface area contributed by atoms with Gasteiger partial charge in [-0.05, 0) is 84.3 Å². The van der Waals surface area contributed by atoms with Crippen LogP contribution in [0.3, 0.4) is 0 Å². The molecule has 0 aromatic heterocycles. The van der Waals surface area contributed by atoms with Crippen LogP contribution in [0.25, 0.3) is 6.08 Å². The molecule has 0 bridgehead atoms. The molecule has 2 aromatic rings. The fraction of sp³-hybridized carbons (Fsp3) is 0.407. The van der Waals surface area contributed by atoms with E-state index < -0.39 is 0 Å². The zero-order valence-electron chi connectivity index (χ0n) is 16.6. The largest absolute Gasteiger partial charge is 0.388 e. The molecule has 0 radical (unpaired) electrons. The van der Waals surface area contributed by atoms with Crippen molar-refractivity contribution in [1.82, 2.24) is 0 Å². The quantitative estimate of drug-likeness (QED) is 0.652. The van der Waals surface area contributed by atoms with Gasteiger partial charge in [-0.1, -0.05) is 55.3 Å². The van der Waals surface area contributed by atoms with E-state index in [1.165, 1.54) is 24.8 Å². The molecule has 1 nitrogen and oxygen atoms in total. The van der Waals surface area contributed by atoms with Crippen molar-refractivity contribution in [3.63, 3.8) is 0 Å². The van der Waals surface area contributed by atoms with Gasteiger partial charge in [0.15, 0.2) is 0 Å². The summed E-state index contributed by atoms with van der Waals surface area (Å²) in [5, 5.41) is 11.3. The van der Waals surface area contributed by atoms with E-state index in [0.29, 0.717) is 17.8 Å². The topological polar surface area (TPSA) is 20.2 Å². The molecule has 0 spiro atoms. The molecule has 2 aromatic carbocycles. The Morgan fingerprint density at radius 3 is 2.68 bits per heavy atom. The van der Waals surface area contributed by atoms with Crippen LogP contribution in [0.15, 0.2) is 54.1 Å². The van der Waals surface area contributed by atoms with Crippen LogP contribution < -0.4 is 0 Å². The van der Waals surface area contributed by atoms with Gasteiger partial charge in [0.25, 0.3) is 0 Å². The van der Waals surface area contributed by atoms with Crippen LogP contribution in [-0.2, 0) is 6.42 Å². The fourth-order valence-corrected chi connectivity index (χ4v) is 6.41. The summed E-state index contributed by atoms with van der Waals surface area (Å²) in [5.74, 6) is 4.61. The minimum atomic E-state index is -0.331. The van der Waals surface area contributed by atoms with Crippen molar-refractivity contribution < 1.29 is 5.11 Å². The number of aliphatic hydroxyl groups is 1. The van der Waals surface area contributed by atoms with E-state index in [-0.39, 0.29) is 11.5 Å². The third-order valence-corrected chi connectivity index (χ3v) is 7.94. The molecule has 5 rings (SSSR count). The molecule has 142 valence electrons. The second-order valence-electron chi connectivity index (χ2n) is 9.25. The summed E-state index contributed by atoms with van der Waals surface area (Å²) in [6.45, 7) is 2.33. The normalized spacial score (nSPS) is 35.0. The smallest absolute Gasteiger partial charge is 0.0809 e. The lowest BCUT2D eigenvalue weighted by atomic mass is 9.55. The summed E-state index contributed by atoms with van der Waals surface area (Å²) in [7, 11) is 0. The first-order valence-corrected chi connectivity index (χ1v) is 10.6. The fourth-order valence-electron chi connectivity index (χ4n) is 6.41. The number of hydrogen-bond acceptors (Lipinski definition) is 1. The van der Waals surface area contributed by atoms with Crippen molar-refractivity contribution in [2.24, 2.45) is 17.3 Å². The van der Waals surface area contributed by atoms with Gasteiger partial charge in [0.2, 0.25) is 0 Å². The lowest BCUT2D eigenvalue weighted by molar-refractivity contribution is -0.0158. The number of rotatable bonds is 1. The summed E-state index contributed by atoms with van der Waals surface area (Å²) in [6, 6.07) is 17.1. The third-order valence-electron chi connectivity index (χ3n) is 7.94. The molecule has 3 aliphatic rings. The van der Waals surface area contributed by atoms with Crippen LogP contribution >= 0.6 is 0 Å². The van der Waals surface area contributed by atoms with Gasteiger partial charge in [0.05, 0.1) is 6.10 Å². The maximum atomic E-state index is 11.3. The van der Waals surface area contributed by atoms with Gasteiger partial charge in [-0.3, -0.25) is 0 Å². The minimum absolute atomic E-state index is 0.0119. The third kappa shape index (κ3) is 2.66. The molecule has 0 heterocycles. The highest BCUT2D eigenvalue weighted by Gasteiger charge is 2.56. The van der Waals surface area contributed by atoms with Crippen molar-refractivity contribution in [3.8, 4) is 12.3 Å². The first-order valence-electron chi connectivity index (χ1n) is 10.6. The molecule has 2 fully saturated rings. The maximum absolute atomic E-state index is 11.3. The molecule has 1 N–H and O–H groups in total. The second kappa shape index (κ2) is 6.64. The highest BCUT2D eigenvalue weighted by atomic mass is 16.3. The highest BCUT2D eigenvalue weighted by molar-refractivity contribution is 5.57. The van der Waals surface area contributed by atoms with Gasteiger partial charge in [0.1, 0.15) is 0 Å². The Balaban J connectivity index is 1.46. The highest BCUT2D eigenvalue weighted by Crippen LogP contribution is 2.62. The minimum Gasteiger partial charge on any atom is -0.388 e. The zero-order valence-corrected chi connectivity index (χ0v) is 16.6. The first kappa shape index (κ1) is 17.8. The second-order valence-corrected chi connectivity index (χ2v) is 9.25. The Morgan fingerprint density at radius 1 is 1.11 bits per heavy atom. The summed E-state index contributed by atoms with van der Waals surface area (Å²) < 4.78 is 0. The number of aryl methyl sites for hydroxylation is 1. The van der Waals surface area contributed by atoms with Gasteiger partial charge in [-0.2, -0.15) is 0 Å².